The van der Waals surface area contributed by atoms with E-state index in [9.17, 15) is 4.79 Å². The Hall–Kier alpha value is -0.640. The van der Waals surface area contributed by atoms with Crippen molar-refractivity contribution in [3.63, 3.8) is 0 Å². The van der Waals surface area contributed by atoms with Crippen molar-refractivity contribution in [3.8, 4) is 0 Å². The van der Waals surface area contributed by atoms with E-state index in [1.54, 1.807) is 0 Å². The van der Waals surface area contributed by atoms with Gasteiger partial charge in [-0.25, -0.2) is 0 Å². The first-order valence-electron chi connectivity index (χ1n) is 4.21. The summed E-state index contributed by atoms with van der Waals surface area (Å²) < 4.78 is 1.97. The van der Waals surface area contributed by atoms with E-state index in [1.165, 1.54) is 5.69 Å². The minimum absolute atomic E-state index is 0.110. The Morgan fingerprint density at radius 1 is 1.67 bits per heavy atom. The molecule has 0 bridgehead atoms. The lowest BCUT2D eigenvalue weighted by molar-refractivity contribution is 0.620. The Labute approximate surface area is 75.1 Å². The molecule has 1 aliphatic heterocycles. The van der Waals surface area contributed by atoms with E-state index < -0.39 is 0 Å². The van der Waals surface area contributed by atoms with Crippen LogP contribution in [0.25, 0.3) is 0 Å². The number of hydrogen-bond acceptors (Lipinski definition) is 2. The van der Waals surface area contributed by atoms with Gasteiger partial charge in [-0.2, -0.15) is 11.8 Å². The summed E-state index contributed by atoms with van der Waals surface area (Å²) in [5, 5.41) is 2.85. The SMILES string of the molecule is CCn1[nH]c(=O)c2c1CCSC2. The zero-order valence-electron chi connectivity index (χ0n) is 7.09. The van der Waals surface area contributed by atoms with Crippen molar-refractivity contribution in [2.24, 2.45) is 0 Å². The fraction of sp³-hybridized carbons (Fsp3) is 0.625. The molecule has 0 aliphatic carbocycles. The molecule has 0 atom stereocenters. The molecule has 2 heterocycles. The van der Waals surface area contributed by atoms with Gasteiger partial charge < -0.3 is 0 Å². The molecule has 0 radical (unpaired) electrons. The second-order valence-corrected chi connectivity index (χ2v) is 4.02. The molecule has 0 saturated carbocycles. The third kappa shape index (κ3) is 1.10. The van der Waals surface area contributed by atoms with Crippen LogP contribution in [0.5, 0.6) is 0 Å². The van der Waals surface area contributed by atoms with Crippen LogP contribution in [0.4, 0.5) is 0 Å². The summed E-state index contributed by atoms with van der Waals surface area (Å²) in [6.07, 6.45) is 1.03. The summed E-state index contributed by atoms with van der Waals surface area (Å²) in [7, 11) is 0. The van der Waals surface area contributed by atoms with Gasteiger partial charge in [-0.1, -0.05) is 0 Å². The monoisotopic (exact) mass is 184 g/mol. The van der Waals surface area contributed by atoms with Gasteiger partial charge in [-0.05, 0) is 19.1 Å². The van der Waals surface area contributed by atoms with E-state index in [-0.39, 0.29) is 5.56 Å². The first-order valence-corrected chi connectivity index (χ1v) is 5.36. The summed E-state index contributed by atoms with van der Waals surface area (Å²) in [6, 6.07) is 0. The van der Waals surface area contributed by atoms with Crippen molar-refractivity contribution in [2.45, 2.75) is 25.6 Å². The van der Waals surface area contributed by atoms with E-state index in [0.717, 1.165) is 30.0 Å². The Morgan fingerprint density at radius 3 is 3.25 bits per heavy atom. The number of aryl methyl sites for hydroxylation is 1. The third-order valence-electron chi connectivity index (χ3n) is 2.23. The average Bonchev–Trinajstić information content (AvgIpc) is 2.44. The fourth-order valence-electron chi connectivity index (χ4n) is 1.60. The van der Waals surface area contributed by atoms with E-state index in [4.69, 9.17) is 0 Å². The zero-order chi connectivity index (χ0) is 8.55. The van der Waals surface area contributed by atoms with Crippen LogP contribution in [0.2, 0.25) is 0 Å². The van der Waals surface area contributed by atoms with Gasteiger partial charge in [0.25, 0.3) is 5.56 Å². The van der Waals surface area contributed by atoms with Gasteiger partial charge in [0, 0.05) is 23.6 Å². The highest BCUT2D eigenvalue weighted by Gasteiger charge is 2.17. The number of thioether (sulfide) groups is 1. The molecule has 0 unspecified atom stereocenters. The molecule has 1 N–H and O–H groups in total. The third-order valence-corrected chi connectivity index (χ3v) is 3.22. The Balaban J connectivity index is 2.54. The zero-order valence-corrected chi connectivity index (χ0v) is 7.91. The van der Waals surface area contributed by atoms with Crippen LogP contribution < -0.4 is 5.56 Å². The molecular weight excluding hydrogens is 172 g/mol. The summed E-state index contributed by atoms with van der Waals surface area (Å²) in [6.45, 7) is 2.92. The minimum atomic E-state index is 0.110. The summed E-state index contributed by atoms with van der Waals surface area (Å²) in [4.78, 5) is 11.4. The quantitative estimate of drug-likeness (QED) is 0.706. The highest BCUT2D eigenvalue weighted by molar-refractivity contribution is 7.98. The molecule has 4 heteroatoms. The number of nitrogens with one attached hydrogen (secondary N) is 1. The lowest BCUT2D eigenvalue weighted by Gasteiger charge is -2.11. The van der Waals surface area contributed by atoms with Gasteiger partial charge in [-0.3, -0.25) is 14.6 Å². The van der Waals surface area contributed by atoms with Gasteiger partial charge in [-0.15, -0.1) is 0 Å². The van der Waals surface area contributed by atoms with Crippen molar-refractivity contribution >= 4 is 11.8 Å². The molecule has 1 aromatic rings. The van der Waals surface area contributed by atoms with Gasteiger partial charge in [0.05, 0.1) is 0 Å². The van der Waals surface area contributed by atoms with E-state index in [2.05, 4.69) is 12.0 Å². The van der Waals surface area contributed by atoms with Crippen LogP contribution in [-0.2, 0) is 18.7 Å². The second kappa shape index (κ2) is 3.01. The first-order chi connectivity index (χ1) is 5.83. The van der Waals surface area contributed by atoms with Crippen molar-refractivity contribution in [1.82, 2.24) is 9.78 Å². The Bertz CT molecular complexity index is 339. The maximum absolute atomic E-state index is 11.4. The van der Waals surface area contributed by atoms with Crippen LogP contribution in [-0.4, -0.2) is 15.5 Å². The predicted octanol–water partition coefficient (Wildman–Crippen LogP) is 0.986. The molecule has 0 saturated heterocycles. The van der Waals surface area contributed by atoms with Crippen molar-refractivity contribution < 1.29 is 0 Å². The number of H-pyrrole nitrogens is 1. The van der Waals surface area contributed by atoms with Crippen LogP contribution in [0.15, 0.2) is 4.79 Å². The number of nitrogens with zero attached hydrogens (tertiary/aromatic N) is 1. The summed E-state index contributed by atoms with van der Waals surface area (Å²) in [5.74, 6) is 2.03. The average molecular weight is 184 g/mol. The number of fused-ring (bicyclic) bond motifs is 1. The standard InChI is InChI=1S/C8H12N2OS/c1-2-10-7-3-4-12-5-6(7)8(11)9-10/h2-5H2,1H3,(H,9,11). The largest absolute Gasteiger partial charge is 0.289 e. The molecule has 0 spiro atoms. The lowest BCUT2D eigenvalue weighted by Crippen LogP contribution is -2.09. The minimum Gasteiger partial charge on any atom is -0.289 e. The van der Waals surface area contributed by atoms with Gasteiger partial charge in [0.15, 0.2) is 0 Å². The molecule has 1 aromatic heterocycles. The molecule has 0 amide bonds. The maximum Gasteiger partial charge on any atom is 0.268 e. The van der Waals surface area contributed by atoms with Crippen LogP contribution in [0, 0.1) is 0 Å². The first kappa shape index (κ1) is 7.98. The Morgan fingerprint density at radius 2 is 2.50 bits per heavy atom. The molecule has 12 heavy (non-hydrogen) atoms. The number of aromatic nitrogens is 2. The summed E-state index contributed by atoms with van der Waals surface area (Å²) in [5.41, 5.74) is 2.33. The Kier molecular flexibility index (Phi) is 2.00. The van der Waals surface area contributed by atoms with Gasteiger partial charge >= 0.3 is 0 Å². The molecule has 66 valence electrons. The molecule has 1 aliphatic rings. The van der Waals surface area contributed by atoms with Gasteiger partial charge in [0.1, 0.15) is 0 Å². The van der Waals surface area contributed by atoms with E-state index in [0.29, 0.717) is 0 Å². The molecular formula is C8H12N2OS. The van der Waals surface area contributed by atoms with Crippen LogP contribution in [0.1, 0.15) is 18.2 Å². The normalized spacial score (nSPS) is 16.1. The molecule has 3 nitrogen and oxygen atoms in total. The van der Waals surface area contributed by atoms with Crippen LogP contribution >= 0.6 is 11.8 Å². The lowest BCUT2D eigenvalue weighted by atomic mass is 10.2. The highest BCUT2D eigenvalue weighted by Crippen LogP contribution is 2.21. The van der Waals surface area contributed by atoms with Crippen molar-refractivity contribution in [3.05, 3.63) is 21.6 Å². The number of hydrogen-bond donors (Lipinski definition) is 1. The maximum atomic E-state index is 11.4. The second-order valence-electron chi connectivity index (χ2n) is 2.91. The highest BCUT2D eigenvalue weighted by atomic mass is 32.2. The van der Waals surface area contributed by atoms with Crippen molar-refractivity contribution in [2.75, 3.05) is 5.75 Å². The predicted molar refractivity (Wildman–Crippen MR) is 50.6 cm³/mol. The van der Waals surface area contributed by atoms with Gasteiger partial charge in [0.2, 0.25) is 0 Å². The number of rotatable bonds is 1. The smallest absolute Gasteiger partial charge is 0.268 e. The van der Waals surface area contributed by atoms with E-state index >= 15 is 0 Å². The fourth-order valence-corrected chi connectivity index (χ4v) is 2.58. The number of aromatic amines is 1. The van der Waals surface area contributed by atoms with E-state index in [1.807, 2.05) is 16.4 Å². The molecule has 2 rings (SSSR count). The molecule has 0 aromatic carbocycles. The topological polar surface area (TPSA) is 37.8 Å². The molecule has 0 fully saturated rings. The van der Waals surface area contributed by atoms with Crippen LogP contribution in [0.3, 0.4) is 0 Å². The van der Waals surface area contributed by atoms with Crippen molar-refractivity contribution in [1.29, 1.82) is 0 Å². The summed E-state index contributed by atoms with van der Waals surface area (Å²) >= 11 is 1.84.